The van der Waals surface area contributed by atoms with Gasteiger partial charge in [-0.15, -0.1) is 0 Å². The molecule has 0 radical (unpaired) electrons. The quantitative estimate of drug-likeness (QED) is 0.516. The molecule has 27 heavy (non-hydrogen) atoms. The fourth-order valence-electron chi connectivity index (χ4n) is 2.72. The van der Waals surface area contributed by atoms with Crippen LogP contribution in [0.2, 0.25) is 0 Å². The zero-order valence-corrected chi connectivity index (χ0v) is 16.0. The van der Waals surface area contributed by atoms with Crippen LogP contribution in [0, 0.1) is 10.1 Å². The normalized spacial score (nSPS) is 10.6. The van der Waals surface area contributed by atoms with Crippen molar-refractivity contribution >= 4 is 11.6 Å². The minimum Gasteiger partial charge on any atom is -0.493 e. The molecular formula is C20H24N2O5. The van der Waals surface area contributed by atoms with E-state index in [1.807, 2.05) is 44.2 Å². The number of methoxy groups -OCH3 is 1. The predicted molar refractivity (Wildman–Crippen MR) is 102 cm³/mol. The van der Waals surface area contributed by atoms with Crippen molar-refractivity contribution in [2.24, 2.45) is 0 Å². The second-order valence-corrected chi connectivity index (χ2v) is 6.22. The number of amides is 1. The predicted octanol–water partition coefficient (Wildman–Crippen LogP) is 4.05. The highest BCUT2D eigenvalue weighted by Gasteiger charge is 2.29. The van der Waals surface area contributed by atoms with E-state index >= 15 is 0 Å². The van der Waals surface area contributed by atoms with Crippen molar-refractivity contribution in [3.05, 3.63) is 63.7 Å². The fourth-order valence-corrected chi connectivity index (χ4v) is 2.72. The average molecular weight is 372 g/mol. The molecule has 7 nitrogen and oxygen atoms in total. The Bertz CT molecular complexity index is 806. The summed E-state index contributed by atoms with van der Waals surface area (Å²) in [7, 11) is 1.40. The van der Waals surface area contributed by atoms with Crippen molar-refractivity contribution < 1.29 is 19.2 Å². The van der Waals surface area contributed by atoms with E-state index < -0.39 is 10.8 Å². The molecule has 0 atom stereocenters. The first-order valence-corrected chi connectivity index (χ1v) is 8.73. The molecule has 0 N–H and O–H groups in total. The van der Waals surface area contributed by atoms with Gasteiger partial charge in [0.25, 0.3) is 11.6 Å². The van der Waals surface area contributed by atoms with Crippen molar-refractivity contribution in [2.75, 3.05) is 13.7 Å². The second-order valence-electron chi connectivity index (χ2n) is 6.22. The van der Waals surface area contributed by atoms with Gasteiger partial charge in [-0.05, 0) is 26.3 Å². The molecule has 0 saturated carbocycles. The number of nitrogens with zero attached hydrogens (tertiary/aromatic N) is 2. The molecule has 2 aromatic rings. The number of nitro groups is 1. The molecule has 0 saturated heterocycles. The van der Waals surface area contributed by atoms with Gasteiger partial charge >= 0.3 is 0 Å². The van der Waals surface area contributed by atoms with Crippen molar-refractivity contribution in [1.29, 1.82) is 0 Å². The van der Waals surface area contributed by atoms with Gasteiger partial charge in [0.15, 0.2) is 11.5 Å². The molecule has 0 bridgehead atoms. The van der Waals surface area contributed by atoms with Gasteiger partial charge in [0, 0.05) is 18.7 Å². The molecule has 0 aromatic heterocycles. The molecule has 0 heterocycles. The second kappa shape index (κ2) is 9.02. The minimum atomic E-state index is -0.577. The van der Waals surface area contributed by atoms with Gasteiger partial charge in [0.1, 0.15) is 5.56 Å². The van der Waals surface area contributed by atoms with Crippen LogP contribution in [-0.4, -0.2) is 35.5 Å². The number of nitro benzene ring substituents is 1. The maximum Gasteiger partial charge on any atom is 0.286 e. The van der Waals surface area contributed by atoms with Gasteiger partial charge in [0.2, 0.25) is 0 Å². The number of carbonyl (C=O) groups excluding carboxylic acids is 1. The fraction of sp³-hybridized carbons (Fsp3) is 0.350. The Morgan fingerprint density at radius 3 is 2.37 bits per heavy atom. The van der Waals surface area contributed by atoms with Gasteiger partial charge in [-0.1, -0.05) is 30.3 Å². The average Bonchev–Trinajstić information content (AvgIpc) is 2.66. The first kappa shape index (κ1) is 20.2. The molecule has 0 aliphatic heterocycles. The Kier molecular flexibility index (Phi) is 6.76. The molecule has 0 aliphatic carbocycles. The summed E-state index contributed by atoms with van der Waals surface area (Å²) in [5.41, 5.74) is 0.619. The Morgan fingerprint density at radius 1 is 1.19 bits per heavy atom. The number of rotatable bonds is 8. The van der Waals surface area contributed by atoms with Crippen LogP contribution in [0.1, 0.15) is 36.7 Å². The highest BCUT2D eigenvalue weighted by molar-refractivity contribution is 5.99. The lowest BCUT2D eigenvalue weighted by atomic mass is 10.1. The molecule has 0 fully saturated rings. The van der Waals surface area contributed by atoms with Crippen LogP contribution in [0.25, 0.3) is 0 Å². The third-order valence-corrected chi connectivity index (χ3v) is 4.09. The summed E-state index contributed by atoms with van der Waals surface area (Å²) in [5.74, 6) is 0.0979. The van der Waals surface area contributed by atoms with Crippen molar-refractivity contribution in [2.45, 2.75) is 33.4 Å². The SMILES string of the molecule is CCOc1cc(C(=O)N(Cc2ccccc2)C(C)C)c([N+](=O)[O-])cc1OC. The van der Waals surface area contributed by atoms with E-state index in [1.165, 1.54) is 19.2 Å². The highest BCUT2D eigenvalue weighted by atomic mass is 16.6. The first-order valence-electron chi connectivity index (χ1n) is 8.73. The summed E-state index contributed by atoms with van der Waals surface area (Å²) in [6, 6.07) is 12.0. The van der Waals surface area contributed by atoms with Crippen LogP contribution >= 0.6 is 0 Å². The summed E-state index contributed by atoms with van der Waals surface area (Å²) in [5, 5.41) is 11.6. The zero-order valence-electron chi connectivity index (χ0n) is 16.0. The third-order valence-electron chi connectivity index (χ3n) is 4.09. The highest BCUT2D eigenvalue weighted by Crippen LogP contribution is 2.35. The van der Waals surface area contributed by atoms with Gasteiger partial charge < -0.3 is 14.4 Å². The first-order chi connectivity index (χ1) is 12.9. The maximum absolute atomic E-state index is 13.2. The molecule has 0 spiro atoms. The lowest BCUT2D eigenvalue weighted by Crippen LogP contribution is -2.36. The van der Waals surface area contributed by atoms with Gasteiger partial charge in [-0.25, -0.2) is 0 Å². The van der Waals surface area contributed by atoms with E-state index in [1.54, 1.807) is 11.8 Å². The van der Waals surface area contributed by atoms with Crippen LogP contribution < -0.4 is 9.47 Å². The molecule has 2 aromatic carbocycles. The molecule has 0 unspecified atom stereocenters. The summed E-state index contributed by atoms with van der Waals surface area (Å²) in [6.45, 7) is 6.24. The Balaban J connectivity index is 2.49. The van der Waals surface area contributed by atoms with E-state index in [9.17, 15) is 14.9 Å². The number of ether oxygens (including phenoxy) is 2. The van der Waals surface area contributed by atoms with Gasteiger partial charge in [-0.3, -0.25) is 14.9 Å². The standard InChI is InChI=1S/C20H24N2O5/c1-5-27-19-11-16(17(22(24)25)12-18(19)26-4)20(23)21(14(2)3)13-15-9-7-6-8-10-15/h6-12,14H,5,13H2,1-4H3. The maximum atomic E-state index is 13.2. The van der Waals surface area contributed by atoms with Crippen molar-refractivity contribution in [3.8, 4) is 11.5 Å². The smallest absolute Gasteiger partial charge is 0.286 e. The Morgan fingerprint density at radius 2 is 1.85 bits per heavy atom. The molecule has 7 heteroatoms. The lowest BCUT2D eigenvalue weighted by Gasteiger charge is -2.27. The monoisotopic (exact) mass is 372 g/mol. The number of benzene rings is 2. The van der Waals surface area contributed by atoms with E-state index in [2.05, 4.69) is 0 Å². The van der Waals surface area contributed by atoms with Gasteiger partial charge in [-0.2, -0.15) is 0 Å². The van der Waals surface area contributed by atoms with E-state index in [0.717, 1.165) is 5.56 Å². The molecule has 1 amide bonds. The van der Waals surface area contributed by atoms with Crippen molar-refractivity contribution in [1.82, 2.24) is 4.90 Å². The summed E-state index contributed by atoms with van der Waals surface area (Å²) in [4.78, 5) is 25.8. The van der Waals surface area contributed by atoms with Crippen LogP contribution in [0.5, 0.6) is 11.5 Å². The van der Waals surface area contributed by atoms with Crippen LogP contribution in [-0.2, 0) is 6.54 Å². The molecule has 0 aliphatic rings. The Hall–Kier alpha value is -3.09. The molecule has 2 rings (SSSR count). The lowest BCUT2D eigenvalue weighted by molar-refractivity contribution is -0.385. The largest absolute Gasteiger partial charge is 0.493 e. The van der Waals surface area contributed by atoms with E-state index in [-0.39, 0.29) is 23.0 Å². The topological polar surface area (TPSA) is 81.9 Å². The Labute approximate surface area is 158 Å². The number of hydrogen-bond acceptors (Lipinski definition) is 5. The third kappa shape index (κ3) is 4.75. The molecular weight excluding hydrogens is 348 g/mol. The minimum absolute atomic E-state index is 0.0196. The van der Waals surface area contributed by atoms with Crippen molar-refractivity contribution in [3.63, 3.8) is 0 Å². The summed E-state index contributed by atoms with van der Waals surface area (Å²) < 4.78 is 10.7. The number of hydrogen-bond donors (Lipinski definition) is 0. The van der Waals surface area contributed by atoms with E-state index in [0.29, 0.717) is 18.9 Å². The summed E-state index contributed by atoms with van der Waals surface area (Å²) >= 11 is 0. The molecule has 144 valence electrons. The van der Waals surface area contributed by atoms with E-state index in [4.69, 9.17) is 9.47 Å². The summed E-state index contributed by atoms with van der Waals surface area (Å²) in [6.07, 6.45) is 0. The van der Waals surface area contributed by atoms with Crippen LogP contribution in [0.4, 0.5) is 5.69 Å². The van der Waals surface area contributed by atoms with Crippen LogP contribution in [0.3, 0.4) is 0 Å². The zero-order chi connectivity index (χ0) is 20.0. The van der Waals surface area contributed by atoms with Gasteiger partial charge in [0.05, 0.1) is 24.7 Å². The number of carbonyl (C=O) groups is 1. The van der Waals surface area contributed by atoms with Crippen LogP contribution in [0.15, 0.2) is 42.5 Å².